The second-order valence-corrected chi connectivity index (χ2v) is 5.05. The van der Waals surface area contributed by atoms with Crippen LogP contribution < -0.4 is 4.74 Å². The van der Waals surface area contributed by atoms with Crippen molar-refractivity contribution >= 4 is 17.5 Å². The standard InChI is InChI=1S/C14H15NO3S/c1-9-7-18-14(15-9)19-8-12-6-11(10(2)16)4-5-13(12)17-3/h4-7H,8H2,1-3H3. The van der Waals surface area contributed by atoms with E-state index in [1.807, 2.05) is 19.1 Å². The number of ether oxygens (including phenoxy) is 1. The number of aryl methyl sites for hydroxylation is 1. The van der Waals surface area contributed by atoms with Gasteiger partial charge in [-0.25, -0.2) is 4.98 Å². The fraction of sp³-hybridized carbons (Fsp3) is 0.286. The number of ketones is 1. The molecule has 0 fully saturated rings. The molecule has 0 saturated heterocycles. The van der Waals surface area contributed by atoms with Gasteiger partial charge in [0.25, 0.3) is 5.22 Å². The van der Waals surface area contributed by atoms with Gasteiger partial charge in [-0.3, -0.25) is 4.79 Å². The first kappa shape index (κ1) is 13.7. The lowest BCUT2D eigenvalue weighted by atomic mass is 10.1. The summed E-state index contributed by atoms with van der Waals surface area (Å²) in [6.45, 7) is 3.43. The lowest BCUT2D eigenvalue weighted by Gasteiger charge is -2.08. The SMILES string of the molecule is COc1ccc(C(C)=O)cc1CSc1nc(C)co1. The lowest BCUT2D eigenvalue weighted by molar-refractivity contribution is 0.101. The Kier molecular flexibility index (Phi) is 4.27. The van der Waals surface area contributed by atoms with Gasteiger partial charge >= 0.3 is 0 Å². The Balaban J connectivity index is 2.17. The predicted octanol–water partition coefficient (Wildman–Crippen LogP) is 3.49. The molecule has 100 valence electrons. The number of hydrogen-bond donors (Lipinski definition) is 0. The largest absolute Gasteiger partial charge is 0.496 e. The molecular formula is C14H15NO3S. The van der Waals surface area contributed by atoms with Gasteiger partial charge < -0.3 is 9.15 Å². The van der Waals surface area contributed by atoms with Crippen LogP contribution in [0.1, 0.15) is 28.5 Å². The van der Waals surface area contributed by atoms with E-state index in [0.29, 0.717) is 16.5 Å². The van der Waals surface area contributed by atoms with Crippen molar-refractivity contribution in [1.29, 1.82) is 0 Å². The molecule has 1 aromatic carbocycles. The third kappa shape index (κ3) is 3.38. The quantitative estimate of drug-likeness (QED) is 0.618. The number of methoxy groups -OCH3 is 1. The highest BCUT2D eigenvalue weighted by Crippen LogP contribution is 2.28. The van der Waals surface area contributed by atoms with Crippen LogP contribution in [-0.4, -0.2) is 17.9 Å². The summed E-state index contributed by atoms with van der Waals surface area (Å²) >= 11 is 1.48. The molecule has 19 heavy (non-hydrogen) atoms. The van der Waals surface area contributed by atoms with E-state index in [4.69, 9.17) is 9.15 Å². The molecule has 0 spiro atoms. The minimum atomic E-state index is 0.0425. The number of Topliss-reactive ketones (excluding diaryl/α,β-unsaturated/α-hetero) is 1. The summed E-state index contributed by atoms with van der Waals surface area (Å²) in [4.78, 5) is 15.6. The molecule has 0 aliphatic carbocycles. The number of oxazole rings is 1. The van der Waals surface area contributed by atoms with Crippen LogP contribution in [0.5, 0.6) is 5.75 Å². The summed E-state index contributed by atoms with van der Waals surface area (Å²) < 4.78 is 10.6. The van der Waals surface area contributed by atoms with Gasteiger partial charge in [0.2, 0.25) is 0 Å². The highest BCUT2D eigenvalue weighted by Gasteiger charge is 2.09. The summed E-state index contributed by atoms with van der Waals surface area (Å²) in [6, 6.07) is 5.43. The van der Waals surface area contributed by atoms with Crippen LogP contribution in [0.3, 0.4) is 0 Å². The molecule has 1 heterocycles. The highest BCUT2D eigenvalue weighted by atomic mass is 32.2. The molecule has 5 heteroatoms. The van der Waals surface area contributed by atoms with E-state index >= 15 is 0 Å². The highest BCUT2D eigenvalue weighted by molar-refractivity contribution is 7.98. The average Bonchev–Trinajstić information content (AvgIpc) is 2.81. The van der Waals surface area contributed by atoms with Gasteiger partial charge in [-0.2, -0.15) is 0 Å². The van der Waals surface area contributed by atoms with Crippen molar-refractivity contribution in [2.45, 2.75) is 24.8 Å². The number of aromatic nitrogens is 1. The number of nitrogens with zero attached hydrogens (tertiary/aromatic N) is 1. The molecule has 0 bridgehead atoms. The van der Waals surface area contributed by atoms with E-state index in [-0.39, 0.29) is 5.78 Å². The molecule has 0 amide bonds. The van der Waals surface area contributed by atoms with Gasteiger partial charge in [-0.1, -0.05) is 11.8 Å². The van der Waals surface area contributed by atoms with Crippen LogP contribution in [0.15, 0.2) is 34.1 Å². The number of carbonyl (C=O) groups is 1. The first-order valence-electron chi connectivity index (χ1n) is 5.83. The van der Waals surface area contributed by atoms with Gasteiger partial charge in [0.1, 0.15) is 12.0 Å². The molecule has 2 rings (SSSR count). The summed E-state index contributed by atoms with van der Waals surface area (Å²) in [5.74, 6) is 1.45. The Morgan fingerprint density at radius 2 is 2.26 bits per heavy atom. The Morgan fingerprint density at radius 3 is 2.84 bits per heavy atom. The molecule has 4 nitrogen and oxygen atoms in total. The van der Waals surface area contributed by atoms with Crippen LogP contribution in [0.4, 0.5) is 0 Å². The first-order valence-corrected chi connectivity index (χ1v) is 6.81. The number of thioether (sulfide) groups is 1. The van der Waals surface area contributed by atoms with Gasteiger partial charge in [0, 0.05) is 16.9 Å². The lowest BCUT2D eigenvalue weighted by Crippen LogP contribution is -1.96. The van der Waals surface area contributed by atoms with E-state index in [1.54, 1.807) is 26.4 Å². The zero-order valence-electron chi connectivity index (χ0n) is 11.1. The van der Waals surface area contributed by atoms with E-state index in [9.17, 15) is 4.79 Å². The molecular weight excluding hydrogens is 262 g/mol. The maximum absolute atomic E-state index is 11.4. The zero-order valence-corrected chi connectivity index (χ0v) is 11.9. The normalized spacial score (nSPS) is 10.5. The van der Waals surface area contributed by atoms with Crippen LogP contribution >= 0.6 is 11.8 Å². The number of hydrogen-bond acceptors (Lipinski definition) is 5. The number of carbonyl (C=O) groups excluding carboxylic acids is 1. The summed E-state index contributed by atoms with van der Waals surface area (Å²) in [5, 5.41) is 0.618. The van der Waals surface area contributed by atoms with Gasteiger partial charge in [0.15, 0.2) is 5.78 Å². The molecule has 0 saturated carbocycles. The summed E-state index contributed by atoms with van der Waals surface area (Å²) in [5.41, 5.74) is 2.49. The second kappa shape index (κ2) is 5.93. The topological polar surface area (TPSA) is 52.3 Å². The van der Waals surface area contributed by atoms with Crippen LogP contribution in [0.2, 0.25) is 0 Å². The smallest absolute Gasteiger partial charge is 0.256 e. The molecule has 0 aliphatic heterocycles. The molecule has 1 aromatic heterocycles. The minimum absolute atomic E-state index is 0.0425. The van der Waals surface area contributed by atoms with Crippen molar-refractivity contribution in [3.05, 3.63) is 41.3 Å². The van der Waals surface area contributed by atoms with Crippen molar-refractivity contribution in [3.63, 3.8) is 0 Å². The van der Waals surface area contributed by atoms with Crippen LogP contribution in [0.25, 0.3) is 0 Å². The number of rotatable bonds is 5. The average molecular weight is 277 g/mol. The fourth-order valence-electron chi connectivity index (χ4n) is 1.65. The van der Waals surface area contributed by atoms with Gasteiger partial charge in [-0.15, -0.1) is 0 Å². The molecule has 0 aliphatic rings. The van der Waals surface area contributed by atoms with E-state index in [1.165, 1.54) is 11.8 Å². The molecule has 0 radical (unpaired) electrons. The summed E-state index contributed by atoms with van der Waals surface area (Å²) in [6.07, 6.45) is 1.62. The third-order valence-electron chi connectivity index (χ3n) is 2.64. The maximum atomic E-state index is 11.4. The Hall–Kier alpha value is -1.75. The van der Waals surface area contributed by atoms with Gasteiger partial charge in [0.05, 0.1) is 12.8 Å². The Labute approximate surface area is 116 Å². The maximum Gasteiger partial charge on any atom is 0.256 e. The van der Waals surface area contributed by atoms with Crippen molar-refractivity contribution in [1.82, 2.24) is 4.98 Å². The zero-order chi connectivity index (χ0) is 13.8. The van der Waals surface area contributed by atoms with Gasteiger partial charge in [-0.05, 0) is 32.0 Å². The molecule has 0 atom stereocenters. The van der Waals surface area contributed by atoms with Crippen LogP contribution in [-0.2, 0) is 5.75 Å². The summed E-state index contributed by atoms with van der Waals surface area (Å²) in [7, 11) is 1.62. The second-order valence-electron chi connectivity index (χ2n) is 4.13. The Bertz CT molecular complexity index is 592. The minimum Gasteiger partial charge on any atom is -0.496 e. The Morgan fingerprint density at radius 1 is 1.47 bits per heavy atom. The van der Waals surface area contributed by atoms with Crippen molar-refractivity contribution in [2.24, 2.45) is 0 Å². The van der Waals surface area contributed by atoms with E-state index in [0.717, 1.165) is 17.0 Å². The van der Waals surface area contributed by atoms with E-state index < -0.39 is 0 Å². The monoisotopic (exact) mass is 277 g/mol. The fourth-order valence-corrected chi connectivity index (χ4v) is 2.48. The molecule has 0 unspecified atom stereocenters. The van der Waals surface area contributed by atoms with Crippen molar-refractivity contribution in [2.75, 3.05) is 7.11 Å². The predicted molar refractivity (Wildman–Crippen MR) is 73.8 cm³/mol. The van der Waals surface area contributed by atoms with E-state index in [2.05, 4.69) is 4.98 Å². The number of benzene rings is 1. The first-order chi connectivity index (χ1) is 9.10. The molecule has 2 aromatic rings. The third-order valence-corrected chi connectivity index (χ3v) is 3.53. The van der Waals surface area contributed by atoms with Crippen LogP contribution in [0, 0.1) is 6.92 Å². The molecule has 0 N–H and O–H groups in total. The van der Waals surface area contributed by atoms with Crippen molar-refractivity contribution < 1.29 is 13.9 Å². The van der Waals surface area contributed by atoms with Crippen molar-refractivity contribution in [3.8, 4) is 5.75 Å².